The molecule has 0 spiro atoms. The van der Waals surface area contributed by atoms with E-state index in [-0.39, 0.29) is 11.3 Å². The Kier molecular flexibility index (Phi) is 8.81. The lowest BCUT2D eigenvalue weighted by Gasteiger charge is -2.43. The van der Waals surface area contributed by atoms with E-state index in [0.717, 1.165) is 45.0 Å². The van der Waals surface area contributed by atoms with Gasteiger partial charge in [0.25, 0.3) is 8.32 Å². The van der Waals surface area contributed by atoms with Crippen LogP contribution in [0.3, 0.4) is 0 Å². The van der Waals surface area contributed by atoms with E-state index in [0.29, 0.717) is 5.92 Å². The summed E-state index contributed by atoms with van der Waals surface area (Å²) in [6.45, 7) is 9.52. The molecule has 0 bridgehead atoms. The summed E-state index contributed by atoms with van der Waals surface area (Å²) in [6.07, 6.45) is 11.5. The van der Waals surface area contributed by atoms with E-state index < -0.39 is 8.32 Å². The molecule has 34 heavy (non-hydrogen) atoms. The molecule has 1 aliphatic heterocycles. The van der Waals surface area contributed by atoms with Crippen LogP contribution in [0.2, 0.25) is 5.04 Å². The number of hydrogen-bond donors (Lipinski definition) is 0. The Balaban J connectivity index is 1.31. The SMILES string of the molecule is CC(C)(C)[Si](OC[C@@H]1C[C@@H]1C/C=C\CCOC1CCCCO1)(c1ccccc1)c1ccccc1. The lowest BCUT2D eigenvalue weighted by Crippen LogP contribution is -2.66. The lowest BCUT2D eigenvalue weighted by molar-refractivity contribution is -0.161. The molecule has 4 rings (SSSR count). The molecule has 2 fully saturated rings. The molecule has 1 heterocycles. The highest BCUT2D eigenvalue weighted by Crippen LogP contribution is 2.44. The molecule has 2 aromatic rings. The third-order valence-electron chi connectivity index (χ3n) is 7.33. The molecule has 1 saturated carbocycles. The fraction of sp³-hybridized carbons (Fsp3) is 0.533. The van der Waals surface area contributed by atoms with E-state index in [2.05, 4.69) is 93.6 Å². The first-order chi connectivity index (χ1) is 16.5. The molecule has 0 N–H and O–H groups in total. The Hall–Kier alpha value is -1.72. The minimum Gasteiger partial charge on any atom is -0.407 e. The number of allylic oxidation sites excluding steroid dienone is 1. The highest BCUT2D eigenvalue weighted by atomic mass is 28.4. The Morgan fingerprint density at radius 2 is 1.59 bits per heavy atom. The molecule has 3 atom stereocenters. The summed E-state index contributed by atoms with van der Waals surface area (Å²) in [5.41, 5.74) is 0. The molecule has 184 valence electrons. The molecule has 0 amide bonds. The van der Waals surface area contributed by atoms with E-state index in [4.69, 9.17) is 13.9 Å². The van der Waals surface area contributed by atoms with Crippen molar-refractivity contribution in [1.29, 1.82) is 0 Å². The van der Waals surface area contributed by atoms with Crippen LogP contribution in [0.15, 0.2) is 72.8 Å². The van der Waals surface area contributed by atoms with Crippen LogP contribution in [-0.4, -0.2) is 34.4 Å². The monoisotopic (exact) mass is 478 g/mol. The maximum atomic E-state index is 7.11. The number of hydrogen-bond acceptors (Lipinski definition) is 3. The summed E-state index contributed by atoms with van der Waals surface area (Å²) in [6, 6.07) is 21.9. The molecular formula is C30H42O3Si. The van der Waals surface area contributed by atoms with Crippen molar-refractivity contribution in [3.05, 3.63) is 72.8 Å². The highest BCUT2D eigenvalue weighted by Gasteiger charge is 2.51. The van der Waals surface area contributed by atoms with Gasteiger partial charge in [0.05, 0.1) is 6.61 Å². The maximum absolute atomic E-state index is 7.11. The van der Waals surface area contributed by atoms with Crippen LogP contribution in [0.1, 0.15) is 59.3 Å². The first kappa shape index (κ1) is 25.4. The summed E-state index contributed by atoms with van der Waals surface area (Å²) in [5, 5.41) is 2.78. The average Bonchev–Trinajstić information content (AvgIpc) is 3.61. The van der Waals surface area contributed by atoms with Crippen molar-refractivity contribution in [2.24, 2.45) is 11.8 Å². The molecule has 1 aliphatic carbocycles. The smallest absolute Gasteiger partial charge is 0.261 e. The molecule has 0 aromatic heterocycles. The van der Waals surface area contributed by atoms with Crippen molar-refractivity contribution >= 4 is 18.7 Å². The van der Waals surface area contributed by atoms with Crippen LogP contribution >= 0.6 is 0 Å². The Bertz CT molecular complexity index is 845. The summed E-state index contributed by atoms with van der Waals surface area (Å²) in [5.74, 6) is 1.41. The van der Waals surface area contributed by atoms with E-state index in [1.807, 2.05) is 0 Å². The van der Waals surface area contributed by atoms with Crippen LogP contribution in [0.5, 0.6) is 0 Å². The standard InChI is InChI=1S/C30H42O3Si/c1-30(2,3)34(27-16-8-4-9-17-27,28-18-10-5-11-19-28)33-24-26-23-25(26)15-7-6-13-21-31-29-20-12-14-22-32-29/h4-11,16-19,25-26,29H,12-15,20-24H2,1-3H3/b7-6-/t25-,26-,29?/m0/s1. The summed E-state index contributed by atoms with van der Waals surface area (Å²) in [7, 11) is -2.41. The van der Waals surface area contributed by atoms with Gasteiger partial charge in [-0.15, -0.1) is 0 Å². The minimum absolute atomic E-state index is 0.0218. The van der Waals surface area contributed by atoms with Crippen molar-refractivity contribution in [1.82, 2.24) is 0 Å². The lowest BCUT2D eigenvalue weighted by atomic mass is 10.2. The van der Waals surface area contributed by atoms with Crippen molar-refractivity contribution in [2.75, 3.05) is 19.8 Å². The first-order valence-corrected chi connectivity index (χ1v) is 15.0. The molecule has 1 saturated heterocycles. The van der Waals surface area contributed by atoms with Gasteiger partial charge >= 0.3 is 0 Å². The number of benzene rings is 2. The van der Waals surface area contributed by atoms with Crippen molar-refractivity contribution in [2.45, 2.75) is 70.6 Å². The predicted octanol–water partition coefficient (Wildman–Crippen LogP) is 6.08. The first-order valence-electron chi connectivity index (χ1n) is 13.1. The Morgan fingerprint density at radius 3 is 2.18 bits per heavy atom. The van der Waals surface area contributed by atoms with Gasteiger partial charge in [-0.25, -0.2) is 0 Å². The predicted molar refractivity (Wildman–Crippen MR) is 143 cm³/mol. The fourth-order valence-electron chi connectivity index (χ4n) is 5.30. The van der Waals surface area contributed by atoms with E-state index in [1.165, 1.54) is 29.6 Å². The van der Waals surface area contributed by atoms with Crippen LogP contribution in [0, 0.1) is 11.8 Å². The zero-order valence-corrected chi connectivity index (χ0v) is 22.2. The van der Waals surface area contributed by atoms with Gasteiger partial charge in [-0.2, -0.15) is 0 Å². The largest absolute Gasteiger partial charge is 0.407 e. The third kappa shape index (κ3) is 6.28. The molecule has 2 aliphatic rings. The molecule has 4 heteroatoms. The van der Waals surface area contributed by atoms with E-state index in [1.54, 1.807) is 0 Å². The minimum atomic E-state index is -2.41. The topological polar surface area (TPSA) is 27.7 Å². The Morgan fingerprint density at radius 1 is 0.912 bits per heavy atom. The van der Waals surface area contributed by atoms with E-state index in [9.17, 15) is 0 Å². The molecule has 3 nitrogen and oxygen atoms in total. The van der Waals surface area contributed by atoms with Gasteiger partial charge in [0, 0.05) is 13.2 Å². The second-order valence-corrected chi connectivity index (χ2v) is 15.2. The van der Waals surface area contributed by atoms with Gasteiger partial charge in [-0.1, -0.05) is 93.6 Å². The maximum Gasteiger partial charge on any atom is 0.261 e. The van der Waals surface area contributed by atoms with Gasteiger partial charge in [0.15, 0.2) is 6.29 Å². The third-order valence-corrected chi connectivity index (χ3v) is 12.3. The van der Waals surface area contributed by atoms with Crippen LogP contribution < -0.4 is 10.4 Å². The second kappa shape index (κ2) is 11.8. The van der Waals surface area contributed by atoms with Crippen molar-refractivity contribution in [3.63, 3.8) is 0 Å². The number of ether oxygens (including phenoxy) is 2. The zero-order chi connectivity index (χ0) is 23.9. The fourth-order valence-corrected chi connectivity index (χ4v) is 9.92. The quantitative estimate of drug-likeness (QED) is 0.223. The molecule has 2 aromatic carbocycles. The highest BCUT2D eigenvalue weighted by molar-refractivity contribution is 6.99. The number of rotatable bonds is 11. The van der Waals surface area contributed by atoms with Crippen LogP contribution in [-0.2, 0) is 13.9 Å². The normalized spacial score (nSPS) is 23.3. The second-order valence-electron chi connectivity index (χ2n) is 10.9. The van der Waals surface area contributed by atoms with Gasteiger partial charge in [0.2, 0.25) is 0 Å². The van der Waals surface area contributed by atoms with Gasteiger partial charge < -0.3 is 13.9 Å². The summed E-state index contributed by atoms with van der Waals surface area (Å²) >= 11 is 0. The average molecular weight is 479 g/mol. The van der Waals surface area contributed by atoms with Crippen molar-refractivity contribution in [3.8, 4) is 0 Å². The van der Waals surface area contributed by atoms with Gasteiger partial charge in [0.1, 0.15) is 0 Å². The molecular weight excluding hydrogens is 436 g/mol. The van der Waals surface area contributed by atoms with Crippen LogP contribution in [0.4, 0.5) is 0 Å². The van der Waals surface area contributed by atoms with Gasteiger partial charge in [-0.05, 0) is 65.8 Å². The Labute approximate surface area is 207 Å². The van der Waals surface area contributed by atoms with E-state index >= 15 is 0 Å². The summed E-state index contributed by atoms with van der Waals surface area (Å²) in [4.78, 5) is 0. The summed E-state index contributed by atoms with van der Waals surface area (Å²) < 4.78 is 18.6. The van der Waals surface area contributed by atoms with Crippen molar-refractivity contribution < 1.29 is 13.9 Å². The molecule has 1 unspecified atom stereocenters. The van der Waals surface area contributed by atoms with Crippen LogP contribution in [0.25, 0.3) is 0 Å². The molecule has 0 radical (unpaired) electrons. The zero-order valence-electron chi connectivity index (χ0n) is 21.2. The van der Waals surface area contributed by atoms with Gasteiger partial charge in [-0.3, -0.25) is 0 Å².